The van der Waals surface area contributed by atoms with Gasteiger partial charge in [-0.05, 0) is 43.8 Å². The van der Waals surface area contributed by atoms with Crippen molar-refractivity contribution in [3.05, 3.63) is 22.1 Å². The van der Waals surface area contributed by atoms with Crippen LogP contribution < -0.4 is 16.6 Å². The molecule has 2 aromatic heterocycles. The van der Waals surface area contributed by atoms with Crippen molar-refractivity contribution >= 4 is 17.0 Å². The predicted octanol–water partition coefficient (Wildman–Crippen LogP) is 0.375. The molecule has 18 heavy (non-hydrogen) atoms. The summed E-state index contributed by atoms with van der Waals surface area (Å²) in [6.45, 7) is 2.15. The molecule has 0 bridgehead atoms. The van der Waals surface area contributed by atoms with Gasteiger partial charge in [-0.15, -0.1) is 0 Å². The number of hydrogen-bond donors (Lipinski definition) is 4. The van der Waals surface area contributed by atoms with Crippen LogP contribution in [0, 0.1) is 5.92 Å². The second-order valence-electron chi connectivity index (χ2n) is 4.89. The summed E-state index contributed by atoms with van der Waals surface area (Å²) < 4.78 is 0. The molecule has 6 heteroatoms. The third-order valence-electron chi connectivity index (χ3n) is 3.60. The van der Waals surface area contributed by atoms with Crippen LogP contribution in [-0.4, -0.2) is 28.0 Å². The van der Waals surface area contributed by atoms with Gasteiger partial charge in [-0.3, -0.25) is 9.78 Å². The first-order valence-corrected chi connectivity index (χ1v) is 6.30. The molecule has 3 heterocycles. The monoisotopic (exact) mass is 247 g/mol. The lowest BCUT2D eigenvalue weighted by Crippen LogP contribution is -2.28. The van der Waals surface area contributed by atoms with Crippen LogP contribution in [0.5, 0.6) is 0 Å². The molecule has 6 nitrogen and oxygen atoms in total. The third kappa shape index (κ3) is 1.99. The van der Waals surface area contributed by atoms with Crippen molar-refractivity contribution in [2.45, 2.75) is 19.3 Å². The Balaban J connectivity index is 1.94. The number of nitrogen functional groups attached to an aromatic ring is 1. The molecule has 0 spiro atoms. The fourth-order valence-electron chi connectivity index (χ4n) is 2.64. The number of piperidine rings is 1. The Labute approximate surface area is 104 Å². The van der Waals surface area contributed by atoms with Crippen molar-refractivity contribution in [2.24, 2.45) is 5.92 Å². The zero-order valence-electron chi connectivity index (χ0n) is 10.1. The van der Waals surface area contributed by atoms with E-state index in [0.717, 1.165) is 30.6 Å². The summed E-state index contributed by atoms with van der Waals surface area (Å²) in [4.78, 5) is 21.4. The molecule has 0 unspecified atom stereocenters. The van der Waals surface area contributed by atoms with Crippen molar-refractivity contribution in [1.29, 1.82) is 0 Å². The molecule has 0 aliphatic carbocycles. The summed E-state index contributed by atoms with van der Waals surface area (Å²) in [6.07, 6.45) is 5.18. The van der Waals surface area contributed by atoms with Gasteiger partial charge in [-0.2, -0.15) is 0 Å². The molecular weight excluding hydrogens is 230 g/mol. The lowest BCUT2D eigenvalue weighted by Gasteiger charge is -2.22. The highest BCUT2D eigenvalue weighted by atomic mass is 16.1. The number of nitrogens with zero attached hydrogens (tertiary/aromatic N) is 1. The Morgan fingerprint density at radius 1 is 1.39 bits per heavy atom. The topological polar surface area (TPSA) is 99.6 Å². The standard InChI is InChI=1S/C12H17N5O/c13-12-16-9-8(5-7-1-3-14-4-2-7)6-15-10(9)11(18)17-12/h6-7,14-15H,1-5H2,(H3,13,16,17,18). The molecule has 2 aromatic rings. The molecule has 1 fully saturated rings. The van der Waals surface area contributed by atoms with E-state index in [-0.39, 0.29) is 11.5 Å². The minimum Gasteiger partial charge on any atom is -0.369 e. The van der Waals surface area contributed by atoms with Gasteiger partial charge in [0.25, 0.3) is 5.56 Å². The Hall–Kier alpha value is -1.82. The fraction of sp³-hybridized carbons (Fsp3) is 0.500. The first-order valence-electron chi connectivity index (χ1n) is 6.30. The number of nitrogens with two attached hydrogens (primary N) is 1. The molecule has 1 aliphatic heterocycles. The van der Waals surface area contributed by atoms with Gasteiger partial charge < -0.3 is 16.0 Å². The lowest BCUT2D eigenvalue weighted by atomic mass is 9.92. The number of nitrogens with one attached hydrogen (secondary N) is 3. The van der Waals surface area contributed by atoms with E-state index in [4.69, 9.17) is 5.73 Å². The number of hydrogen-bond acceptors (Lipinski definition) is 4. The van der Waals surface area contributed by atoms with E-state index in [2.05, 4.69) is 20.3 Å². The van der Waals surface area contributed by atoms with Gasteiger partial charge in [0.2, 0.25) is 5.95 Å². The Morgan fingerprint density at radius 2 is 2.17 bits per heavy atom. The Morgan fingerprint density at radius 3 is 2.94 bits per heavy atom. The van der Waals surface area contributed by atoms with E-state index in [1.807, 2.05) is 6.20 Å². The molecule has 3 rings (SSSR count). The number of anilines is 1. The summed E-state index contributed by atoms with van der Waals surface area (Å²) in [5.41, 5.74) is 7.73. The Kier molecular flexibility index (Phi) is 2.79. The zero-order chi connectivity index (χ0) is 12.5. The zero-order valence-corrected chi connectivity index (χ0v) is 10.1. The smallest absolute Gasteiger partial charge is 0.276 e. The highest BCUT2D eigenvalue weighted by Crippen LogP contribution is 2.22. The number of H-pyrrole nitrogens is 2. The van der Waals surface area contributed by atoms with Gasteiger partial charge in [-0.1, -0.05) is 0 Å². The highest BCUT2D eigenvalue weighted by molar-refractivity contribution is 5.78. The second-order valence-corrected chi connectivity index (χ2v) is 4.89. The summed E-state index contributed by atoms with van der Waals surface area (Å²) >= 11 is 0. The quantitative estimate of drug-likeness (QED) is 0.616. The minimum atomic E-state index is -0.200. The largest absolute Gasteiger partial charge is 0.369 e. The van der Waals surface area contributed by atoms with Crippen LogP contribution in [0.1, 0.15) is 18.4 Å². The van der Waals surface area contributed by atoms with Crippen LogP contribution >= 0.6 is 0 Å². The maximum atomic E-state index is 11.7. The number of fused-ring (bicyclic) bond motifs is 1. The first-order chi connectivity index (χ1) is 8.74. The van der Waals surface area contributed by atoms with Crippen LogP contribution in [0.3, 0.4) is 0 Å². The fourth-order valence-corrected chi connectivity index (χ4v) is 2.64. The molecule has 1 saturated heterocycles. The first kappa shape index (κ1) is 11.3. The summed E-state index contributed by atoms with van der Waals surface area (Å²) in [5, 5.41) is 3.35. The van der Waals surface area contributed by atoms with Crippen LogP contribution in [0.15, 0.2) is 11.0 Å². The Bertz CT molecular complexity index is 608. The van der Waals surface area contributed by atoms with Crippen molar-refractivity contribution in [2.75, 3.05) is 18.8 Å². The van der Waals surface area contributed by atoms with Crippen molar-refractivity contribution < 1.29 is 0 Å². The number of rotatable bonds is 2. The molecular formula is C12H17N5O. The normalized spacial score (nSPS) is 17.3. The molecule has 0 amide bonds. The van der Waals surface area contributed by atoms with E-state index >= 15 is 0 Å². The van der Waals surface area contributed by atoms with Gasteiger partial charge in [-0.25, -0.2) is 4.98 Å². The van der Waals surface area contributed by atoms with Crippen LogP contribution in [0.2, 0.25) is 0 Å². The average molecular weight is 247 g/mol. The maximum absolute atomic E-state index is 11.7. The number of aromatic amines is 2. The molecule has 0 radical (unpaired) electrons. The summed E-state index contributed by atoms with van der Waals surface area (Å²) in [5.74, 6) is 0.839. The molecule has 0 saturated carbocycles. The highest BCUT2D eigenvalue weighted by Gasteiger charge is 2.17. The van der Waals surface area contributed by atoms with E-state index < -0.39 is 0 Å². The number of aromatic nitrogens is 3. The van der Waals surface area contributed by atoms with Crippen molar-refractivity contribution in [1.82, 2.24) is 20.3 Å². The minimum absolute atomic E-state index is 0.179. The average Bonchev–Trinajstić information content (AvgIpc) is 2.74. The second kappa shape index (κ2) is 4.45. The van der Waals surface area contributed by atoms with Crippen molar-refractivity contribution in [3.8, 4) is 0 Å². The van der Waals surface area contributed by atoms with Crippen molar-refractivity contribution in [3.63, 3.8) is 0 Å². The van der Waals surface area contributed by atoms with Gasteiger partial charge in [0.05, 0.1) is 0 Å². The summed E-state index contributed by atoms with van der Waals surface area (Å²) in [7, 11) is 0. The molecule has 96 valence electrons. The van der Waals surface area contributed by atoms with Gasteiger partial charge in [0.15, 0.2) is 0 Å². The molecule has 0 aromatic carbocycles. The third-order valence-corrected chi connectivity index (χ3v) is 3.60. The molecule has 5 N–H and O–H groups in total. The van der Waals surface area contributed by atoms with Crippen LogP contribution in [-0.2, 0) is 6.42 Å². The van der Waals surface area contributed by atoms with Gasteiger partial charge >= 0.3 is 0 Å². The van der Waals surface area contributed by atoms with E-state index in [1.54, 1.807) is 0 Å². The lowest BCUT2D eigenvalue weighted by molar-refractivity contribution is 0.373. The summed E-state index contributed by atoms with van der Waals surface area (Å²) in [6, 6.07) is 0. The van der Waals surface area contributed by atoms with Gasteiger partial charge in [0.1, 0.15) is 11.0 Å². The van der Waals surface area contributed by atoms with Crippen LogP contribution in [0.4, 0.5) is 5.95 Å². The van der Waals surface area contributed by atoms with E-state index in [0.29, 0.717) is 11.4 Å². The SMILES string of the molecule is Nc1nc2c(CC3CCNCC3)c[nH]c2c(=O)[nH]1. The van der Waals surface area contributed by atoms with Gasteiger partial charge in [0, 0.05) is 6.20 Å². The molecule has 1 aliphatic rings. The van der Waals surface area contributed by atoms with E-state index in [1.165, 1.54) is 12.8 Å². The maximum Gasteiger partial charge on any atom is 0.276 e. The molecule has 0 atom stereocenters. The van der Waals surface area contributed by atoms with Crippen LogP contribution in [0.25, 0.3) is 11.0 Å². The predicted molar refractivity (Wildman–Crippen MR) is 70.4 cm³/mol. The van der Waals surface area contributed by atoms with E-state index in [9.17, 15) is 4.79 Å².